The Labute approximate surface area is 51.3 Å². The van der Waals surface area contributed by atoms with Gasteiger partial charge < -0.3 is 9.57 Å². The number of rotatable bonds is 2. The van der Waals surface area contributed by atoms with Gasteiger partial charge in [0.2, 0.25) is 0 Å². The number of hydrogen-bond donors (Lipinski definition) is 0. The predicted octanol–water partition coefficient (Wildman–Crippen LogP) is -1.26. The third-order valence-electron chi connectivity index (χ3n) is 0.771. The largest absolute Gasteiger partial charge is 0.464 e. The first-order valence-electron chi connectivity index (χ1n) is 2.25. The summed E-state index contributed by atoms with van der Waals surface area (Å²) in [7, 11) is 2.90. The van der Waals surface area contributed by atoms with Gasteiger partial charge in [-0.05, 0) is 15.3 Å². The van der Waals surface area contributed by atoms with Gasteiger partial charge in [0, 0.05) is 0 Å². The van der Waals surface area contributed by atoms with E-state index in [9.17, 15) is 0 Å². The molecule has 50 valence electrons. The zero-order valence-electron chi connectivity index (χ0n) is 5.11. The van der Waals surface area contributed by atoms with Crippen molar-refractivity contribution in [1.29, 1.82) is 0 Å². The Kier molecular flexibility index (Phi) is 1.48. The molecule has 0 radical (unpaired) electrons. The van der Waals surface area contributed by atoms with Crippen LogP contribution in [0.1, 0.15) is 0 Å². The van der Waals surface area contributed by atoms with E-state index in [-0.39, 0.29) is 6.01 Å². The molecule has 0 amide bonds. The maximum atomic E-state index is 4.68. The highest BCUT2D eigenvalue weighted by Crippen LogP contribution is 1.95. The quantitative estimate of drug-likeness (QED) is 0.500. The van der Waals surface area contributed by atoms with Gasteiger partial charge in [-0.3, -0.25) is 0 Å². The average molecular weight is 130 g/mol. The van der Waals surface area contributed by atoms with Gasteiger partial charge in [0.25, 0.3) is 0 Å². The number of hydrogen-bond acceptors (Lipinski definition) is 5. The second-order valence-electron chi connectivity index (χ2n) is 1.22. The van der Waals surface area contributed by atoms with Crippen LogP contribution >= 0.6 is 0 Å². The van der Waals surface area contributed by atoms with Crippen LogP contribution in [0.2, 0.25) is 0 Å². The lowest BCUT2D eigenvalue weighted by Gasteiger charge is -1.96. The summed E-state index contributed by atoms with van der Waals surface area (Å²) < 4.78 is 4.68. The number of tetrazole rings is 1. The van der Waals surface area contributed by atoms with E-state index in [1.165, 1.54) is 14.2 Å². The molecular weight excluding hydrogens is 124 g/mol. The molecule has 0 aliphatic rings. The van der Waals surface area contributed by atoms with Crippen LogP contribution < -0.4 is 9.57 Å². The highest BCUT2D eigenvalue weighted by molar-refractivity contribution is 4.82. The van der Waals surface area contributed by atoms with Crippen LogP contribution in [0.3, 0.4) is 0 Å². The SMILES string of the molecule is COc1nnnn1OC. The van der Waals surface area contributed by atoms with E-state index in [0.29, 0.717) is 0 Å². The molecule has 0 spiro atoms. The average Bonchev–Trinajstić information content (AvgIpc) is 2.33. The Morgan fingerprint density at radius 1 is 1.44 bits per heavy atom. The summed E-state index contributed by atoms with van der Waals surface area (Å²) in [6, 6.07) is 0.234. The van der Waals surface area contributed by atoms with Crippen molar-refractivity contribution in [3.05, 3.63) is 0 Å². The fraction of sp³-hybridized carbons (Fsp3) is 0.667. The molecule has 1 aromatic heterocycles. The first-order valence-corrected chi connectivity index (χ1v) is 2.25. The van der Waals surface area contributed by atoms with Crippen LogP contribution in [0.4, 0.5) is 0 Å². The van der Waals surface area contributed by atoms with Crippen molar-refractivity contribution >= 4 is 0 Å². The fourth-order valence-corrected chi connectivity index (χ4v) is 0.405. The maximum Gasteiger partial charge on any atom is 0.370 e. The molecule has 9 heavy (non-hydrogen) atoms. The maximum absolute atomic E-state index is 4.68. The lowest BCUT2D eigenvalue weighted by molar-refractivity contribution is 0.103. The molecule has 0 saturated carbocycles. The molecule has 0 N–H and O–H groups in total. The van der Waals surface area contributed by atoms with E-state index in [0.717, 1.165) is 4.85 Å². The van der Waals surface area contributed by atoms with E-state index in [4.69, 9.17) is 0 Å². The molecule has 0 fully saturated rings. The summed E-state index contributed by atoms with van der Waals surface area (Å²) in [5, 5.41) is 10.2. The molecule has 1 rings (SSSR count). The number of methoxy groups -OCH3 is 1. The lowest BCUT2D eigenvalue weighted by atomic mass is 11.2. The highest BCUT2D eigenvalue weighted by atomic mass is 16.7. The van der Waals surface area contributed by atoms with Gasteiger partial charge in [0.1, 0.15) is 7.11 Å². The minimum Gasteiger partial charge on any atom is -0.464 e. The minimum atomic E-state index is 0.234. The van der Waals surface area contributed by atoms with Gasteiger partial charge >= 0.3 is 6.01 Å². The van der Waals surface area contributed by atoms with Crippen LogP contribution in [0.25, 0.3) is 0 Å². The molecule has 6 heteroatoms. The van der Waals surface area contributed by atoms with Crippen molar-refractivity contribution < 1.29 is 9.57 Å². The van der Waals surface area contributed by atoms with Gasteiger partial charge in [0.05, 0.1) is 7.11 Å². The summed E-state index contributed by atoms with van der Waals surface area (Å²) in [5.41, 5.74) is 0. The Morgan fingerprint density at radius 3 is 2.67 bits per heavy atom. The van der Waals surface area contributed by atoms with E-state index in [2.05, 4.69) is 25.1 Å². The third-order valence-corrected chi connectivity index (χ3v) is 0.771. The summed E-state index contributed by atoms with van der Waals surface area (Å²) in [4.78, 5) is 5.70. The van der Waals surface area contributed by atoms with Gasteiger partial charge in [-0.15, -0.1) is 0 Å². The van der Waals surface area contributed by atoms with Gasteiger partial charge in [-0.25, -0.2) is 0 Å². The summed E-state index contributed by atoms with van der Waals surface area (Å²) in [6.07, 6.45) is 0. The molecule has 0 saturated heterocycles. The van der Waals surface area contributed by atoms with Gasteiger partial charge in [-0.2, -0.15) is 0 Å². The molecule has 0 aromatic carbocycles. The van der Waals surface area contributed by atoms with Crippen molar-refractivity contribution in [3.8, 4) is 6.01 Å². The molecule has 0 aliphatic carbocycles. The number of aromatic nitrogens is 4. The number of nitrogens with zero attached hydrogens (tertiary/aromatic N) is 4. The third kappa shape index (κ3) is 0.906. The second kappa shape index (κ2) is 2.29. The standard InChI is InChI=1S/C3H6N4O2/c1-8-3-4-5-6-7(3)9-2/h1-2H3. The Morgan fingerprint density at radius 2 is 2.22 bits per heavy atom. The zero-order valence-corrected chi connectivity index (χ0v) is 5.11. The van der Waals surface area contributed by atoms with E-state index in [1.54, 1.807) is 0 Å². The monoisotopic (exact) mass is 130 g/mol. The lowest BCUT2D eigenvalue weighted by Crippen LogP contribution is -2.09. The zero-order chi connectivity index (χ0) is 6.69. The molecular formula is C3H6N4O2. The van der Waals surface area contributed by atoms with E-state index in [1.807, 2.05) is 0 Å². The van der Waals surface area contributed by atoms with Crippen molar-refractivity contribution in [3.63, 3.8) is 0 Å². The van der Waals surface area contributed by atoms with Crippen LogP contribution in [-0.4, -0.2) is 34.6 Å². The molecule has 0 bridgehead atoms. The van der Waals surface area contributed by atoms with Crippen LogP contribution in [0.5, 0.6) is 6.01 Å². The summed E-state index contributed by atoms with van der Waals surface area (Å²) in [6.45, 7) is 0. The Hall–Kier alpha value is -1.33. The second-order valence-corrected chi connectivity index (χ2v) is 1.22. The molecule has 0 unspecified atom stereocenters. The van der Waals surface area contributed by atoms with Crippen LogP contribution in [-0.2, 0) is 0 Å². The van der Waals surface area contributed by atoms with Crippen molar-refractivity contribution in [2.24, 2.45) is 0 Å². The van der Waals surface area contributed by atoms with Crippen molar-refractivity contribution in [2.45, 2.75) is 0 Å². The van der Waals surface area contributed by atoms with Crippen LogP contribution in [0, 0.1) is 0 Å². The van der Waals surface area contributed by atoms with Crippen molar-refractivity contribution in [1.82, 2.24) is 20.4 Å². The normalized spacial score (nSPS) is 9.11. The minimum absolute atomic E-state index is 0.234. The summed E-state index contributed by atoms with van der Waals surface area (Å²) in [5.74, 6) is 0. The van der Waals surface area contributed by atoms with Crippen molar-refractivity contribution in [2.75, 3.05) is 14.2 Å². The smallest absolute Gasteiger partial charge is 0.370 e. The van der Waals surface area contributed by atoms with Crippen LogP contribution in [0.15, 0.2) is 0 Å². The molecule has 0 aliphatic heterocycles. The van der Waals surface area contributed by atoms with E-state index < -0.39 is 0 Å². The predicted molar refractivity (Wildman–Crippen MR) is 26.9 cm³/mol. The molecule has 6 nitrogen and oxygen atoms in total. The molecule has 0 atom stereocenters. The Balaban J connectivity index is 2.85. The number of ether oxygens (including phenoxy) is 1. The Bertz CT molecular complexity index is 167. The first kappa shape index (κ1) is 5.80. The molecule has 1 heterocycles. The summed E-state index contributed by atoms with van der Waals surface area (Å²) >= 11 is 0. The fourth-order valence-electron chi connectivity index (χ4n) is 0.405. The van der Waals surface area contributed by atoms with E-state index >= 15 is 0 Å². The highest BCUT2D eigenvalue weighted by Gasteiger charge is 2.01. The van der Waals surface area contributed by atoms with Gasteiger partial charge in [-0.1, -0.05) is 5.10 Å². The topological polar surface area (TPSA) is 62.1 Å². The van der Waals surface area contributed by atoms with Gasteiger partial charge in [0.15, 0.2) is 0 Å². The molecule has 1 aromatic rings. The first-order chi connectivity index (χ1) is 4.38.